The summed E-state index contributed by atoms with van der Waals surface area (Å²) in [7, 11) is 0. The van der Waals surface area contributed by atoms with Gasteiger partial charge in [0.25, 0.3) is 5.69 Å². The summed E-state index contributed by atoms with van der Waals surface area (Å²) in [4.78, 5) is 9.46. The second-order valence-electron chi connectivity index (χ2n) is 2.63. The van der Waals surface area contributed by atoms with Crippen LogP contribution in [0.25, 0.3) is 0 Å². The van der Waals surface area contributed by atoms with Crippen LogP contribution in [0.3, 0.4) is 0 Å². The van der Waals surface area contributed by atoms with Gasteiger partial charge in [0.2, 0.25) is 0 Å². The molecular weight excluding hydrogens is 211 g/mol. The third-order valence-electron chi connectivity index (χ3n) is 1.68. The highest BCUT2D eigenvalue weighted by atomic mass is 19.4. The number of halogens is 3. The van der Waals surface area contributed by atoms with Crippen molar-refractivity contribution in [2.45, 2.75) is 6.18 Å². The molecule has 0 aliphatic rings. The van der Waals surface area contributed by atoms with E-state index < -0.39 is 22.4 Å². The quantitative estimate of drug-likeness (QED) is 0.410. The minimum absolute atomic E-state index is 0.173. The predicted molar refractivity (Wildman–Crippen MR) is 46.0 cm³/mol. The van der Waals surface area contributed by atoms with Crippen LogP contribution >= 0.6 is 0 Å². The first kappa shape index (κ1) is 11.0. The van der Waals surface area contributed by atoms with Crippen molar-refractivity contribution in [3.8, 4) is 12.3 Å². The van der Waals surface area contributed by atoms with Crippen molar-refractivity contribution in [1.82, 2.24) is 0 Å². The van der Waals surface area contributed by atoms with E-state index >= 15 is 0 Å². The smallest absolute Gasteiger partial charge is 0.258 e. The molecule has 3 nitrogen and oxygen atoms in total. The molecule has 1 rings (SSSR count). The summed E-state index contributed by atoms with van der Waals surface area (Å²) in [6.45, 7) is 0. The molecule has 0 fully saturated rings. The van der Waals surface area contributed by atoms with E-state index in [9.17, 15) is 23.3 Å². The molecule has 0 radical (unpaired) electrons. The Morgan fingerprint density at radius 2 is 2.00 bits per heavy atom. The van der Waals surface area contributed by atoms with Crippen molar-refractivity contribution >= 4 is 5.69 Å². The zero-order valence-corrected chi connectivity index (χ0v) is 7.21. The SMILES string of the molecule is C#Cc1ccc(C(F)(F)F)cc1[N+](=O)[O-]. The average Bonchev–Trinajstić information content (AvgIpc) is 2.15. The fourth-order valence-electron chi connectivity index (χ4n) is 0.981. The Morgan fingerprint density at radius 3 is 2.40 bits per heavy atom. The summed E-state index contributed by atoms with van der Waals surface area (Å²) in [5, 5.41) is 10.4. The van der Waals surface area contributed by atoms with Gasteiger partial charge in [0.15, 0.2) is 0 Å². The second kappa shape index (κ2) is 3.61. The minimum atomic E-state index is -4.61. The van der Waals surface area contributed by atoms with Gasteiger partial charge >= 0.3 is 6.18 Å². The number of alkyl halides is 3. The largest absolute Gasteiger partial charge is 0.416 e. The Labute approximate surface area is 82.7 Å². The molecule has 6 heteroatoms. The van der Waals surface area contributed by atoms with Gasteiger partial charge < -0.3 is 0 Å². The van der Waals surface area contributed by atoms with E-state index in [1.807, 2.05) is 5.92 Å². The Hall–Kier alpha value is -2.03. The molecule has 15 heavy (non-hydrogen) atoms. The second-order valence-corrected chi connectivity index (χ2v) is 2.63. The van der Waals surface area contributed by atoms with Crippen LogP contribution in [0.5, 0.6) is 0 Å². The lowest BCUT2D eigenvalue weighted by atomic mass is 10.1. The van der Waals surface area contributed by atoms with E-state index in [4.69, 9.17) is 6.42 Å². The Morgan fingerprint density at radius 1 is 1.40 bits per heavy atom. The number of rotatable bonds is 1. The maximum Gasteiger partial charge on any atom is 0.416 e. The zero-order chi connectivity index (χ0) is 11.6. The first-order chi connectivity index (χ1) is 6.86. The maximum atomic E-state index is 12.2. The molecule has 78 valence electrons. The van der Waals surface area contributed by atoms with E-state index in [2.05, 4.69) is 0 Å². The molecule has 0 amide bonds. The van der Waals surface area contributed by atoms with E-state index in [0.29, 0.717) is 12.1 Å². The lowest BCUT2D eigenvalue weighted by molar-refractivity contribution is -0.385. The zero-order valence-electron chi connectivity index (χ0n) is 7.21. The van der Waals surface area contributed by atoms with Crippen LogP contribution in [-0.2, 0) is 6.18 Å². The first-order valence-electron chi connectivity index (χ1n) is 3.68. The van der Waals surface area contributed by atoms with Gasteiger partial charge in [-0.15, -0.1) is 6.42 Å². The summed E-state index contributed by atoms with van der Waals surface area (Å²) >= 11 is 0. The standard InChI is InChI=1S/C9H4F3NO2/c1-2-6-3-4-7(9(10,11)12)5-8(6)13(14)15/h1,3-5H. The predicted octanol–water partition coefficient (Wildman–Crippen LogP) is 2.59. The van der Waals surface area contributed by atoms with Crippen LogP contribution in [-0.4, -0.2) is 4.92 Å². The van der Waals surface area contributed by atoms with Crippen LogP contribution in [0, 0.1) is 22.5 Å². The lowest BCUT2D eigenvalue weighted by Crippen LogP contribution is -2.06. The highest BCUT2D eigenvalue weighted by molar-refractivity contribution is 5.52. The van der Waals surface area contributed by atoms with Crippen molar-refractivity contribution in [3.63, 3.8) is 0 Å². The molecule has 0 saturated heterocycles. The number of nitro groups is 1. The van der Waals surface area contributed by atoms with Gasteiger partial charge in [-0.05, 0) is 12.1 Å². The van der Waals surface area contributed by atoms with Crippen LogP contribution < -0.4 is 0 Å². The van der Waals surface area contributed by atoms with Gasteiger partial charge in [0.1, 0.15) is 5.56 Å². The van der Waals surface area contributed by atoms with Crippen LogP contribution in [0.4, 0.5) is 18.9 Å². The molecular formula is C9H4F3NO2. The Kier molecular flexibility index (Phi) is 2.66. The fourth-order valence-corrected chi connectivity index (χ4v) is 0.981. The third-order valence-corrected chi connectivity index (χ3v) is 1.68. The van der Waals surface area contributed by atoms with Gasteiger partial charge in [-0.3, -0.25) is 10.1 Å². The van der Waals surface area contributed by atoms with Gasteiger partial charge in [0, 0.05) is 6.07 Å². The monoisotopic (exact) mass is 215 g/mol. The summed E-state index contributed by atoms with van der Waals surface area (Å²) in [6.07, 6.45) is 0.299. The Balaban J connectivity index is 3.37. The highest BCUT2D eigenvalue weighted by Crippen LogP contribution is 2.32. The molecule has 1 aromatic rings. The summed E-state index contributed by atoms with van der Waals surface area (Å²) in [5.41, 5.74) is -1.98. The summed E-state index contributed by atoms with van der Waals surface area (Å²) in [6, 6.07) is 2.04. The van der Waals surface area contributed by atoms with E-state index in [1.54, 1.807) is 0 Å². The molecule has 0 N–H and O–H groups in total. The van der Waals surface area contributed by atoms with E-state index in [0.717, 1.165) is 6.07 Å². The molecule has 0 bridgehead atoms. The van der Waals surface area contributed by atoms with Crippen LogP contribution in [0.1, 0.15) is 11.1 Å². The fraction of sp³-hybridized carbons (Fsp3) is 0.111. The Bertz CT molecular complexity index is 446. The van der Waals surface area contributed by atoms with Crippen molar-refractivity contribution in [2.24, 2.45) is 0 Å². The molecule has 0 atom stereocenters. The van der Waals surface area contributed by atoms with Gasteiger partial charge in [-0.2, -0.15) is 13.2 Å². The topological polar surface area (TPSA) is 43.1 Å². The van der Waals surface area contributed by atoms with Gasteiger partial charge in [-0.25, -0.2) is 0 Å². The lowest BCUT2D eigenvalue weighted by Gasteiger charge is -2.06. The summed E-state index contributed by atoms with van der Waals surface area (Å²) < 4.78 is 36.6. The minimum Gasteiger partial charge on any atom is -0.258 e. The van der Waals surface area contributed by atoms with E-state index in [1.165, 1.54) is 0 Å². The first-order valence-corrected chi connectivity index (χ1v) is 3.68. The normalized spacial score (nSPS) is 10.8. The molecule has 0 aromatic heterocycles. The van der Waals surface area contributed by atoms with Crippen LogP contribution in [0.2, 0.25) is 0 Å². The highest BCUT2D eigenvalue weighted by Gasteiger charge is 2.32. The molecule has 0 spiro atoms. The maximum absolute atomic E-state index is 12.2. The number of benzene rings is 1. The molecule has 1 aromatic carbocycles. The molecule has 0 aliphatic carbocycles. The molecule has 0 heterocycles. The van der Waals surface area contributed by atoms with Crippen molar-refractivity contribution in [1.29, 1.82) is 0 Å². The van der Waals surface area contributed by atoms with Gasteiger partial charge in [0.05, 0.1) is 10.5 Å². The summed E-state index contributed by atoms with van der Waals surface area (Å²) in [5.74, 6) is 1.95. The number of nitro benzene ring substituents is 1. The molecule has 0 aliphatic heterocycles. The van der Waals surface area contributed by atoms with Crippen molar-refractivity contribution in [3.05, 3.63) is 39.4 Å². The van der Waals surface area contributed by atoms with Gasteiger partial charge in [-0.1, -0.05) is 5.92 Å². The molecule has 0 unspecified atom stereocenters. The van der Waals surface area contributed by atoms with Crippen LogP contribution in [0.15, 0.2) is 18.2 Å². The van der Waals surface area contributed by atoms with Crippen molar-refractivity contribution in [2.75, 3.05) is 0 Å². The van der Waals surface area contributed by atoms with Crippen molar-refractivity contribution < 1.29 is 18.1 Å². The third kappa shape index (κ3) is 2.26. The average molecular weight is 215 g/mol. The number of terminal acetylenes is 1. The number of hydrogen-bond acceptors (Lipinski definition) is 2. The number of nitrogens with zero attached hydrogens (tertiary/aromatic N) is 1. The van der Waals surface area contributed by atoms with E-state index in [-0.39, 0.29) is 5.56 Å². The number of hydrogen-bond donors (Lipinski definition) is 0. The molecule has 0 saturated carbocycles.